The van der Waals surface area contributed by atoms with Gasteiger partial charge in [0, 0.05) is 17.1 Å². The minimum Gasteiger partial charge on any atom is -0.398 e. The average molecular weight is 290 g/mol. The third kappa shape index (κ3) is 4.02. The van der Waals surface area contributed by atoms with Gasteiger partial charge in [0.15, 0.2) is 0 Å². The second-order valence-corrected chi connectivity index (χ2v) is 4.10. The van der Waals surface area contributed by atoms with Crippen molar-refractivity contribution in [2.45, 2.75) is 24.8 Å². The van der Waals surface area contributed by atoms with E-state index in [0.717, 1.165) is 18.2 Å². The molecule has 0 spiro atoms. The number of aliphatic hydroxyl groups is 2. The molecule has 0 aliphatic heterocycles. The lowest BCUT2D eigenvalue weighted by molar-refractivity contribution is -0.136. The molecule has 0 radical (unpaired) electrons. The van der Waals surface area contributed by atoms with E-state index in [2.05, 4.69) is 10.0 Å². The lowest BCUT2D eigenvalue weighted by Crippen LogP contribution is -2.20. The van der Waals surface area contributed by atoms with Gasteiger partial charge in [-0.25, -0.2) is 0 Å². The molecule has 0 saturated heterocycles. The van der Waals surface area contributed by atoms with Gasteiger partial charge >= 0.3 is 6.18 Å². The number of halogens is 3. The third-order valence-corrected chi connectivity index (χ3v) is 2.68. The Hall–Kier alpha value is -1.96. The number of nitrogens with zero attached hydrogens (tertiary/aromatic N) is 3. The van der Waals surface area contributed by atoms with Gasteiger partial charge in [0.25, 0.3) is 0 Å². The van der Waals surface area contributed by atoms with Crippen molar-refractivity contribution in [1.29, 1.82) is 0 Å². The van der Waals surface area contributed by atoms with Gasteiger partial charge < -0.3 is 15.9 Å². The zero-order valence-corrected chi connectivity index (χ0v) is 10.2. The molecule has 0 heterocycles. The van der Waals surface area contributed by atoms with Crippen LogP contribution in [0.1, 0.15) is 23.7 Å². The van der Waals surface area contributed by atoms with Crippen LogP contribution < -0.4 is 5.73 Å². The van der Waals surface area contributed by atoms with Crippen molar-refractivity contribution in [3.63, 3.8) is 0 Å². The normalized spacial score (nSPS) is 14.4. The first-order valence-corrected chi connectivity index (χ1v) is 5.61. The second kappa shape index (κ2) is 6.47. The van der Waals surface area contributed by atoms with Crippen molar-refractivity contribution in [3.05, 3.63) is 39.8 Å². The molecular formula is C11H13F3N4O2. The summed E-state index contributed by atoms with van der Waals surface area (Å²) in [4.78, 5) is 2.48. The highest BCUT2D eigenvalue weighted by atomic mass is 19.4. The van der Waals surface area contributed by atoms with E-state index in [1.54, 1.807) is 0 Å². The van der Waals surface area contributed by atoms with Gasteiger partial charge in [0.1, 0.15) is 6.10 Å². The standard InChI is InChI=1S/C11H13F3N4O2/c12-11(13,14)7-2-1-6(5-8(7)15)10(20)9(19)3-4-17-18-16/h1-2,5,9-10,19-20H,3-4,15H2. The van der Waals surface area contributed by atoms with Crippen LogP contribution in [-0.2, 0) is 6.18 Å². The molecule has 0 aromatic heterocycles. The molecule has 9 heteroatoms. The summed E-state index contributed by atoms with van der Waals surface area (Å²) in [6.07, 6.45) is -7.27. The molecule has 0 aliphatic rings. The number of anilines is 1. The summed E-state index contributed by atoms with van der Waals surface area (Å²) < 4.78 is 37.5. The number of rotatable bonds is 5. The second-order valence-electron chi connectivity index (χ2n) is 4.10. The number of nitrogen functional groups attached to an aromatic ring is 1. The van der Waals surface area contributed by atoms with Gasteiger partial charge in [0.05, 0.1) is 11.7 Å². The van der Waals surface area contributed by atoms with E-state index < -0.39 is 29.6 Å². The highest BCUT2D eigenvalue weighted by Gasteiger charge is 2.33. The number of aliphatic hydroxyl groups excluding tert-OH is 2. The van der Waals surface area contributed by atoms with Crippen LogP contribution in [-0.4, -0.2) is 22.9 Å². The Kier molecular flexibility index (Phi) is 5.20. The van der Waals surface area contributed by atoms with Crippen LogP contribution >= 0.6 is 0 Å². The number of hydrogen-bond donors (Lipinski definition) is 3. The highest BCUT2D eigenvalue weighted by Crippen LogP contribution is 2.35. The fourth-order valence-electron chi connectivity index (χ4n) is 1.64. The van der Waals surface area contributed by atoms with Crippen molar-refractivity contribution in [2.75, 3.05) is 12.3 Å². The third-order valence-electron chi connectivity index (χ3n) is 2.68. The summed E-state index contributed by atoms with van der Waals surface area (Å²) in [6.45, 7) is -0.0369. The summed E-state index contributed by atoms with van der Waals surface area (Å²) in [5.74, 6) is 0. The Morgan fingerprint density at radius 3 is 2.50 bits per heavy atom. The minimum absolute atomic E-state index is 0.0217. The van der Waals surface area contributed by atoms with Gasteiger partial charge in [-0.2, -0.15) is 13.2 Å². The quantitative estimate of drug-likeness (QED) is 0.334. The van der Waals surface area contributed by atoms with E-state index >= 15 is 0 Å². The van der Waals surface area contributed by atoms with Crippen LogP contribution in [0.25, 0.3) is 10.4 Å². The van der Waals surface area contributed by atoms with Crippen molar-refractivity contribution in [2.24, 2.45) is 5.11 Å². The van der Waals surface area contributed by atoms with Crippen LogP contribution in [0.3, 0.4) is 0 Å². The Balaban J connectivity index is 2.87. The first-order valence-electron chi connectivity index (χ1n) is 5.61. The summed E-state index contributed by atoms with van der Waals surface area (Å²) in [7, 11) is 0. The van der Waals surface area contributed by atoms with Gasteiger partial charge in [-0.05, 0) is 29.6 Å². The molecule has 1 aromatic rings. The summed E-state index contributed by atoms with van der Waals surface area (Å²) >= 11 is 0. The zero-order chi connectivity index (χ0) is 15.3. The smallest absolute Gasteiger partial charge is 0.398 e. The topological polar surface area (TPSA) is 115 Å². The van der Waals surface area contributed by atoms with Gasteiger partial charge in [-0.3, -0.25) is 0 Å². The van der Waals surface area contributed by atoms with Crippen molar-refractivity contribution < 1.29 is 23.4 Å². The fraction of sp³-hybridized carbons (Fsp3) is 0.455. The van der Waals surface area contributed by atoms with E-state index in [9.17, 15) is 23.4 Å². The molecule has 0 aliphatic carbocycles. The lowest BCUT2D eigenvalue weighted by Gasteiger charge is -2.19. The lowest BCUT2D eigenvalue weighted by atomic mass is 9.99. The van der Waals surface area contributed by atoms with Crippen molar-refractivity contribution in [1.82, 2.24) is 0 Å². The predicted molar refractivity (Wildman–Crippen MR) is 65.5 cm³/mol. The molecule has 110 valence electrons. The fourth-order valence-corrected chi connectivity index (χ4v) is 1.64. The monoisotopic (exact) mass is 290 g/mol. The average Bonchev–Trinajstić information content (AvgIpc) is 2.36. The van der Waals surface area contributed by atoms with Crippen LogP contribution in [0.2, 0.25) is 0 Å². The summed E-state index contributed by atoms with van der Waals surface area (Å²) in [5, 5.41) is 22.6. The SMILES string of the molecule is [N-]=[N+]=NCCC(O)C(O)c1ccc(C(F)(F)F)c(N)c1. The number of nitrogens with two attached hydrogens (primary N) is 1. The molecule has 0 fully saturated rings. The molecular weight excluding hydrogens is 277 g/mol. The highest BCUT2D eigenvalue weighted by molar-refractivity contribution is 5.51. The maximum atomic E-state index is 12.5. The van der Waals surface area contributed by atoms with Gasteiger partial charge in [0.2, 0.25) is 0 Å². The molecule has 4 N–H and O–H groups in total. The van der Waals surface area contributed by atoms with Crippen LogP contribution in [0, 0.1) is 0 Å². The first-order chi connectivity index (χ1) is 9.27. The largest absolute Gasteiger partial charge is 0.418 e. The van der Waals surface area contributed by atoms with Crippen LogP contribution in [0.4, 0.5) is 18.9 Å². The Labute approximate surface area is 112 Å². The number of azide groups is 1. The maximum Gasteiger partial charge on any atom is 0.418 e. The number of benzene rings is 1. The van der Waals surface area contributed by atoms with Crippen LogP contribution in [0.5, 0.6) is 0 Å². The molecule has 1 rings (SSSR count). The van der Waals surface area contributed by atoms with E-state index in [1.165, 1.54) is 0 Å². The van der Waals surface area contributed by atoms with Crippen molar-refractivity contribution in [3.8, 4) is 0 Å². The molecule has 0 saturated carbocycles. The number of hydrogen-bond acceptors (Lipinski definition) is 4. The van der Waals surface area contributed by atoms with E-state index in [4.69, 9.17) is 11.3 Å². The minimum atomic E-state index is -4.58. The Morgan fingerprint density at radius 1 is 1.35 bits per heavy atom. The summed E-state index contributed by atoms with van der Waals surface area (Å²) in [6, 6.07) is 2.75. The maximum absolute atomic E-state index is 12.5. The van der Waals surface area contributed by atoms with E-state index in [0.29, 0.717) is 0 Å². The molecule has 2 unspecified atom stereocenters. The molecule has 0 amide bonds. The Morgan fingerprint density at radius 2 is 2.00 bits per heavy atom. The molecule has 0 bridgehead atoms. The molecule has 1 aromatic carbocycles. The van der Waals surface area contributed by atoms with Crippen molar-refractivity contribution >= 4 is 5.69 Å². The van der Waals surface area contributed by atoms with E-state index in [-0.39, 0.29) is 18.5 Å². The molecule has 6 nitrogen and oxygen atoms in total. The van der Waals surface area contributed by atoms with E-state index in [1.807, 2.05) is 0 Å². The molecule has 20 heavy (non-hydrogen) atoms. The van der Waals surface area contributed by atoms with Gasteiger partial charge in [-0.1, -0.05) is 11.2 Å². The van der Waals surface area contributed by atoms with Gasteiger partial charge in [-0.15, -0.1) is 0 Å². The first kappa shape index (κ1) is 16.1. The van der Waals surface area contributed by atoms with Crippen LogP contribution in [0.15, 0.2) is 23.3 Å². The molecule has 2 atom stereocenters. The Bertz CT molecular complexity index is 515. The number of alkyl halides is 3. The summed E-state index contributed by atoms with van der Waals surface area (Å²) in [5.41, 5.74) is 11.9. The predicted octanol–water partition coefficient (Wildman–Crippen LogP) is 2.38. The zero-order valence-electron chi connectivity index (χ0n) is 10.2.